The molecule has 0 aliphatic heterocycles. The number of guanidine groups is 1. The number of carbonyl (C=O) groups is 1. The number of benzene rings is 2. The van der Waals surface area contributed by atoms with Crippen molar-refractivity contribution in [3.63, 3.8) is 0 Å². The number of nitrogens with one attached hydrogen (secondary N) is 2. The molecule has 0 aliphatic carbocycles. The van der Waals surface area contributed by atoms with E-state index in [0.29, 0.717) is 12.1 Å². The standard InChI is InChI=1S/C21H26N6O/c1-15-26-18-6-3-4-7-19(18)27(15)13-5-12-24-21(23-2)25-14-16-8-10-17(11-9-16)20(22)28/h3-4,6-11H,5,12-14H2,1-2H3,(H2,22,28)(H2,23,24,25). The zero-order valence-electron chi connectivity index (χ0n) is 16.3. The van der Waals surface area contributed by atoms with Crippen LogP contribution in [-0.2, 0) is 13.1 Å². The van der Waals surface area contributed by atoms with Crippen LogP contribution >= 0.6 is 0 Å². The number of aliphatic imine (C=N–C) groups is 1. The molecule has 3 rings (SSSR count). The Morgan fingerprint density at radius 1 is 1.14 bits per heavy atom. The van der Waals surface area contributed by atoms with Gasteiger partial charge in [0.15, 0.2) is 5.96 Å². The number of hydrogen-bond acceptors (Lipinski definition) is 3. The van der Waals surface area contributed by atoms with Crippen LogP contribution in [-0.4, -0.2) is 35.0 Å². The number of fused-ring (bicyclic) bond motifs is 1. The van der Waals surface area contributed by atoms with E-state index in [0.717, 1.165) is 42.4 Å². The molecular weight excluding hydrogens is 352 g/mol. The summed E-state index contributed by atoms with van der Waals surface area (Å²) in [4.78, 5) is 20.0. The minimum atomic E-state index is -0.419. The third kappa shape index (κ3) is 4.68. The first-order valence-corrected chi connectivity index (χ1v) is 9.33. The molecule has 0 saturated carbocycles. The molecule has 0 spiro atoms. The summed E-state index contributed by atoms with van der Waals surface area (Å²) in [6, 6.07) is 15.4. The second-order valence-corrected chi connectivity index (χ2v) is 6.57. The van der Waals surface area contributed by atoms with Gasteiger partial charge in [-0.1, -0.05) is 24.3 Å². The first kappa shape index (κ1) is 19.4. The van der Waals surface area contributed by atoms with Gasteiger partial charge in [-0.25, -0.2) is 4.98 Å². The van der Waals surface area contributed by atoms with Gasteiger partial charge in [0.05, 0.1) is 11.0 Å². The number of rotatable bonds is 7. The summed E-state index contributed by atoms with van der Waals surface area (Å²) in [5, 5.41) is 6.60. The van der Waals surface area contributed by atoms with Crippen molar-refractivity contribution in [2.45, 2.75) is 26.4 Å². The van der Waals surface area contributed by atoms with E-state index in [1.807, 2.05) is 37.3 Å². The van der Waals surface area contributed by atoms with Crippen LogP contribution in [0.5, 0.6) is 0 Å². The number of nitrogens with zero attached hydrogens (tertiary/aromatic N) is 3. The maximum atomic E-state index is 11.1. The van der Waals surface area contributed by atoms with E-state index in [9.17, 15) is 4.79 Å². The van der Waals surface area contributed by atoms with E-state index in [1.165, 1.54) is 5.52 Å². The summed E-state index contributed by atoms with van der Waals surface area (Å²) < 4.78 is 2.24. The summed E-state index contributed by atoms with van der Waals surface area (Å²) >= 11 is 0. The van der Waals surface area contributed by atoms with Gasteiger partial charge in [0.1, 0.15) is 5.82 Å². The van der Waals surface area contributed by atoms with E-state index in [2.05, 4.69) is 31.2 Å². The number of aryl methyl sites for hydroxylation is 2. The van der Waals surface area contributed by atoms with Gasteiger partial charge in [-0.15, -0.1) is 0 Å². The van der Waals surface area contributed by atoms with Crippen molar-refractivity contribution in [1.82, 2.24) is 20.2 Å². The normalized spacial score (nSPS) is 11.6. The van der Waals surface area contributed by atoms with Crippen LogP contribution in [0.1, 0.15) is 28.2 Å². The SMILES string of the molecule is CN=C(NCCCn1c(C)nc2ccccc21)NCc1ccc(C(N)=O)cc1. The van der Waals surface area contributed by atoms with Crippen molar-refractivity contribution in [1.29, 1.82) is 0 Å². The molecule has 1 heterocycles. The summed E-state index contributed by atoms with van der Waals surface area (Å²) in [6.07, 6.45) is 0.954. The number of carbonyl (C=O) groups excluding carboxylic acids is 1. The Bertz CT molecular complexity index is 974. The van der Waals surface area contributed by atoms with Crippen molar-refractivity contribution >= 4 is 22.9 Å². The molecule has 1 amide bonds. The molecule has 0 aliphatic rings. The average Bonchev–Trinajstić information content (AvgIpc) is 3.03. The Morgan fingerprint density at radius 2 is 1.89 bits per heavy atom. The summed E-state index contributed by atoms with van der Waals surface area (Å²) in [7, 11) is 1.75. The highest BCUT2D eigenvalue weighted by atomic mass is 16.1. The Balaban J connectivity index is 1.46. The summed E-state index contributed by atoms with van der Waals surface area (Å²) in [5.74, 6) is 1.35. The number of nitrogens with two attached hydrogens (primary N) is 1. The Labute approximate surface area is 164 Å². The number of para-hydroxylation sites is 2. The first-order valence-electron chi connectivity index (χ1n) is 9.33. The zero-order valence-corrected chi connectivity index (χ0v) is 16.3. The van der Waals surface area contributed by atoms with Gasteiger partial charge in [0, 0.05) is 32.2 Å². The van der Waals surface area contributed by atoms with Crippen LogP contribution in [0.25, 0.3) is 11.0 Å². The van der Waals surface area contributed by atoms with Crippen molar-refractivity contribution in [3.05, 3.63) is 65.5 Å². The molecule has 0 fully saturated rings. The highest BCUT2D eigenvalue weighted by Gasteiger charge is 2.06. The fraction of sp³-hybridized carbons (Fsp3) is 0.286. The fourth-order valence-corrected chi connectivity index (χ4v) is 3.12. The van der Waals surface area contributed by atoms with E-state index in [1.54, 1.807) is 19.2 Å². The van der Waals surface area contributed by atoms with Gasteiger partial charge in [-0.3, -0.25) is 9.79 Å². The number of primary amides is 1. The van der Waals surface area contributed by atoms with Crippen molar-refractivity contribution in [2.24, 2.45) is 10.7 Å². The number of aromatic nitrogens is 2. The summed E-state index contributed by atoms with van der Waals surface area (Å²) in [5.41, 5.74) is 9.02. The van der Waals surface area contributed by atoms with Crippen LogP contribution in [0.3, 0.4) is 0 Å². The van der Waals surface area contributed by atoms with Crippen LogP contribution in [0, 0.1) is 6.92 Å². The average molecular weight is 378 g/mol. The Kier molecular flexibility index (Phi) is 6.26. The topological polar surface area (TPSA) is 97.3 Å². The van der Waals surface area contributed by atoms with E-state index < -0.39 is 5.91 Å². The minimum absolute atomic E-state index is 0.419. The number of hydrogen-bond donors (Lipinski definition) is 3. The second kappa shape index (κ2) is 9.03. The lowest BCUT2D eigenvalue weighted by atomic mass is 10.1. The lowest BCUT2D eigenvalue weighted by Gasteiger charge is -2.13. The first-order chi connectivity index (χ1) is 13.6. The van der Waals surface area contributed by atoms with E-state index in [4.69, 9.17) is 5.73 Å². The number of amides is 1. The van der Waals surface area contributed by atoms with Crippen molar-refractivity contribution < 1.29 is 4.79 Å². The fourth-order valence-electron chi connectivity index (χ4n) is 3.12. The lowest BCUT2D eigenvalue weighted by Crippen LogP contribution is -2.37. The largest absolute Gasteiger partial charge is 0.366 e. The minimum Gasteiger partial charge on any atom is -0.366 e. The highest BCUT2D eigenvalue weighted by Crippen LogP contribution is 2.15. The Hall–Kier alpha value is -3.35. The lowest BCUT2D eigenvalue weighted by molar-refractivity contribution is 0.100. The van der Waals surface area contributed by atoms with Gasteiger partial charge in [0.25, 0.3) is 0 Å². The molecular formula is C21H26N6O. The van der Waals surface area contributed by atoms with Crippen LogP contribution < -0.4 is 16.4 Å². The molecule has 0 atom stereocenters. The third-order valence-corrected chi connectivity index (χ3v) is 4.62. The molecule has 7 heteroatoms. The quantitative estimate of drug-likeness (QED) is 0.333. The number of imidazole rings is 1. The third-order valence-electron chi connectivity index (χ3n) is 4.62. The Morgan fingerprint density at radius 3 is 2.61 bits per heavy atom. The van der Waals surface area contributed by atoms with Crippen LogP contribution in [0.15, 0.2) is 53.5 Å². The molecule has 7 nitrogen and oxygen atoms in total. The van der Waals surface area contributed by atoms with E-state index >= 15 is 0 Å². The van der Waals surface area contributed by atoms with Gasteiger partial charge in [-0.05, 0) is 43.2 Å². The van der Waals surface area contributed by atoms with Crippen molar-refractivity contribution in [2.75, 3.05) is 13.6 Å². The van der Waals surface area contributed by atoms with Gasteiger partial charge in [0.2, 0.25) is 5.91 Å². The predicted octanol–water partition coefficient (Wildman–Crippen LogP) is 2.20. The smallest absolute Gasteiger partial charge is 0.248 e. The molecule has 1 aromatic heterocycles. The van der Waals surface area contributed by atoms with E-state index in [-0.39, 0.29) is 0 Å². The second-order valence-electron chi connectivity index (χ2n) is 6.57. The molecule has 2 aromatic carbocycles. The predicted molar refractivity (Wildman–Crippen MR) is 112 cm³/mol. The van der Waals surface area contributed by atoms with Crippen LogP contribution in [0.4, 0.5) is 0 Å². The molecule has 28 heavy (non-hydrogen) atoms. The monoisotopic (exact) mass is 378 g/mol. The molecule has 0 unspecified atom stereocenters. The molecule has 0 saturated heterocycles. The van der Waals surface area contributed by atoms with Crippen molar-refractivity contribution in [3.8, 4) is 0 Å². The molecule has 4 N–H and O–H groups in total. The molecule has 146 valence electrons. The molecule has 0 radical (unpaired) electrons. The highest BCUT2D eigenvalue weighted by molar-refractivity contribution is 5.92. The van der Waals surface area contributed by atoms with Gasteiger partial charge < -0.3 is 20.9 Å². The van der Waals surface area contributed by atoms with Gasteiger partial charge in [-0.2, -0.15) is 0 Å². The maximum absolute atomic E-state index is 11.1. The molecule has 3 aromatic rings. The maximum Gasteiger partial charge on any atom is 0.248 e. The summed E-state index contributed by atoms with van der Waals surface area (Å²) in [6.45, 7) is 4.35. The van der Waals surface area contributed by atoms with Crippen LogP contribution in [0.2, 0.25) is 0 Å². The van der Waals surface area contributed by atoms with Gasteiger partial charge >= 0.3 is 0 Å². The zero-order chi connectivity index (χ0) is 19.9. The molecule has 0 bridgehead atoms.